The fourth-order valence-electron chi connectivity index (χ4n) is 1.69. The van der Waals surface area contributed by atoms with Crippen LogP contribution in [0, 0.1) is 0 Å². The Labute approximate surface area is 135 Å². The molecule has 0 heterocycles. The minimum Gasteiger partial charge on any atom is -0.479 e. The van der Waals surface area contributed by atoms with Crippen LogP contribution in [0.5, 0.6) is 5.75 Å². The van der Waals surface area contributed by atoms with Crippen molar-refractivity contribution < 1.29 is 14.6 Å². The number of carboxylic acid groups (broad SMARTS) is 1. The van der Waals surface area contributed by atoms with Gasteiger partial charge in [-0.1, -0.05) is 30.1 Å². The number of aliphatic carboxylic acids is 1. The van der Waals surface area contributed by atoms with Crippen LogP contribution >= 0.6 is 23.2 Å². The fraction of sp³-hybridized carbons (Fsp3) is 0.533. The number of benzene rings is 1. The molecule has 0 spiro atoms. The number of nitrogens with one attached hydrogen (secondary N) is 1. The van der Waals surface area contributed by atoms with Gasteiger partial charge < -0.3 is 15.2 Å². The molecule has 1 atom stereocenters. The lowest BCUT2D eigenvalue weighted by Crippen LogP contribution is -2.35. The molecule has 21 heavy (non-hydrogen) atoms. The molecule has 118 valence electrons. The van der Waals surface area contributed by atoms with Gasteiger partial charge in [-0.15, -0.1) is 0 Å². The van der Waals surface area contributed by atoms with Gasteiger partial charge in [0.15, 0.2) is 6.10 Å². The molecule has 4 nitrogen and oxygen atoms in total. The predicted molar refractivity (Wildman–Crippen MR) is 85.4 cm³/mol. The highest BCUT2D eigenvalue weighted by molar-refractivity contribution is 6.35. The molecule has 0 bridgehead atoms. The summed E-state index contributed by atoms with van der Waals surface area (Å²) in [4.78, 5) is 11.1. The van der Waals surface area contributed by atoms with Gasteiger partial charge in [0.2, 0.25) is 0 Å². The Morgan fingerprint density at radius 3 is 2.48 bits per heavy atom. The standard InChI is InChI=1S/C15H21Cl2NO3/c1-5-12(14(19)20)21-13-9(8-18-15(2,3)4)6-10(16)7-11(13)17/h6-7,12,18H,5,8H2,1-4H3,(H,19,20). The zero-order valence-electron chi connectivity index (χ0n) is 12.7. The Hall–Kier alpha value is -0.970. The molecule has 0 saturated carbocycles. The molecule has 0 aliphatic rings. The highest BCUT2D eigenvalue weighted by Crippen LogP contribution is 2.33. The van der Waals surface area contributed by atoms with Crippen molar-refractivity contribution in [3.8, 4) is 5.75 Å². The highest BCUT2D eigenvalue weighted by Gasteiger charge is 2.21. The molecule has 0 radical (unpaired) electrons. The third-order valence-electron chi connectivity index (χ3n) is 2.80. The van der Waals surface area contributed by atoms with Gasteiger partial charge >= 0.3 is 5.97 Å². The van der Waals surface area contributed by atoms with Gasteiger partial charge in [-0.2, -0.15) is 0 Å². The van der Waals surface area contributed by atoms with E-state index in [1.807, 2.05) is 20.8 Å². The van der Waals surface area contributed by atoms with E-state index in [4.69, 9.17) is 33.0 Å². The molecule has 0 amide bonds. The lowest BCUT2D eigenvalue weighted by atomic mass is 10.1. The van der Waals surface area contributed by atoms with E-state index in [0.717, 1.165) is 5.56 Å². The topological polar surface area (TPSA) is 58.6 Å². The van der Waals surface area contributed by atoms with E-state index >= 15 is 0 Å². The zero-order chi connectivity index (χ0) is 16.2. The number of hydrogen-bond donors (Lipinski definition) is 2. The molecule has 0 aromatic heterocycles. The minimum atomic E-state index is -1.02. The summed E-state index contributed by atoms with van der Waals surface area (Å²) in [5.74, 6) is -0.648. The summed E-state index contributed by atoms with van der Waals surface area (Å²) >= 11 is 12.2. The average Bonchev–Trinajstić information content (AvgIpc) is 2.33. The number of halogens is 2. The van der Waals surface area contributed by atoms with Crippen LogP contribution in [0.4, 0.5) is 0 Å². The van der Waals surface area contributed by atoms with Crippen molar-refractivity contribution in [3.05, 3.63) is 27.7 Å². The zero-order valence-corrected chi connectivity index (χ0v) is 14.2. The van der Waals surface area contributed by atoms with Crippen molar-refractivity contribution in [2.75, 3.05) is 0 Å². The number of carbonyl (C=O) groups is 1. The van der Waals surface area contributed by atoms with Gasteiger partial charge in [0.1, 0.15) is 5.75 Å². The van der Waals surface area contributed by atoms with E-state index in [9.17, 15) is 4.79 Å². The second-order valence-electron chi connectivity index (χ2n) is 5.83. The first-order chi connectivity index (χ1) is 9.64. The molecule has 1 aromatic rings. The number of ether oxygens (including phenoxy) is 1. The average molecular weight is 334 g/mol. The summed E-state index contributed by atoms with van der Waals surface area (Å²) in [7, 11) is 0. The molecule has 1 unspecified atom stereocenters. The molecule has 0 aliphatic carbocycles. The van der Waals surface area contributed by atoms with E-state index in [2.05, 4.69) is 5.32 Å². The highest BCUT2D eigenvalue weighted by atomic mass is 35.5. The van der Waals surface area contributed by atoms with Crippen molar-refractivity contribution in [2.45, 2.75) is 52.3 Å². The van der Waals surface area contributed by atoms with Crippen molar-refractivity contribution in [2.24, 2.45) is 0 Å². The van der Waals surface area contributed by atoms with Gasteiger partial charge in [0.25, 0.3) is 0 Å². The maximum atomic E-state index is 11.1. The maximum Gasteiger partial charge on any atom is 0.344 e. The van der Waals surface area contributed by atoms with Crippen LogP contribution in [-0.4, -0.2) is 22.7 Å². The van der Waals surface area contributed by atoms with Crippen molar-refractivity contribution >= 4 is 29.2 Å². The monoisotopic (exact) mass is 333 g/mol. The van der Waals surface area contributed by atoms with Crippen LogP contribution in [0.15, 0.2) is 12.1 Å². The molecule has 6 heteroatoms. The van der Waals surface area contributed by atoms with E-state index in [0.29, 0.717) is 28.8 Å². The summed E-state index contributed by atoms with van der Waals surface area (Å²) in [6.45, 7) is 8.33. The van der Waals surface area contributed by atoms with Crippen LogP contribution in [0.2, 0.25) is 10.0 Å². The molecule has 1 aromatic carbocycles. The Bertz CT molecular complexity index is 512. The number of hydrogen-bond acceptors (Lipinski definition) is 3. The summed E-state index contributed by atoms with van der Waals surface area (Å²) in [6.07, 6.45) is -0.586. The van der Waals surface area contributed by atoms with E-state index < -0.39 is 12.1 Å². The van der Waals surface area contributed by atoms with Crippen molar-refractivity contribution in [1.29, 1.82) is 0 Å². The van der Waals surface area contributed by atoms with E-state index in [1.165, 1.54) is 0 Å². The largest absolute Gasteiger partial charge is 0.479 e. The summed E-state index contributed by atoms with van der Waals surface area (Å²) in [6, 6.07) is 3.28. The van der Waals surface area contributed by atoms with E-state index in [-0.39, 0.29) is 5.54 Å². The Morgan fingerprint density at radius 1 is 1.38 bits per heavy atom. The lowest BCUT2D eigenvalue weighted by Gasteiger charge is -2.23. The van der Waals surface area contributed by atoms with Crippen LogP contribution < -0.4 is 10.1 Å². The predicted octanol–water partition coefficient (Wildman–Crippen LogP) is 4.12. The maximum absolute atomic E-state index is 11.1. The summed E-state index contributed by atoms with van der Waals surface area (Å²) in [5, 5.41) is 13.2. The molecular formula is C15H21Cl2NO3. The van der Waals surface area contributed by atoms with Crippen LogP contribution in [-0.2, 0) is 11.3 Å². The normalized spacial score (nSPS) is 13.0. The Morgan fingerprint density at radius 2 is 2.00 bits per heavy atom. The lowest BCUT2D eigenvalue weighted by molar-refractivity contribution is -0.145. The first-order valence-corrected chi connectivity index (χ1v) is 7.52. The summed E-state index contributed by atoms with van der Waals surface area (Å²) in [5.41, 5.74) is 0.644. The quantitative estimate of drug-likeness (QED) is 0.821. The van der Waals surface area contributed by atoms with Crippen LogP contribution in [0.3, 0.4) is 0 Å². The van der Waals surface area contributed by atoms with Gasteiger partial charge in [-0.25, -0.2) is 4.79 Å². The molecule has 2 N–H and O–H groups in total. The first-order valence-electron chi connectivity index (χ1n) is 6.76. The Balaban J connectivity index is 3.08. The molecular weight excluding hydrogens is 313 g/mol. The van der Waals surface area contributed by atoms with Gasteiger partial charge in [0, 0.05) is 22.7 Å². The number of rotatable bonds is 6. The molecule has 0 aliphatic heterocycles. The van der Waals surface area contributed by atoms with Crippen molar-refractivity contribution in [1.82, 2.24) is 5.32 Å². The smallest absolute Gasteiger partial charge is 0.344 e. The summed E-state index contributed by atoms with van der Waals surface area (Å²) < 4.78 is 5.58. The second kappa shape index (κ2) is 7.34. The van der Waals surface area contributed by atoms with Gasteiger partial charge in [0.05, 0.1) is 5.02 Å². The SMILES string of the molecule is CCC(Oc1c(Cl)cc(Cl)cc1CNC(C)(C)C)C(=O)O. The minimum absolute atomic E-state index is 0.0942. The second-order valence-corrected chi connectivity index (χ2v) is 6.68. The molecule has 1 rings (SSSR count). The molecule has 0 fully saturated rings. The van der Waals surface area contributed by atoms with Gasteiger partial charge in [-0.3, -0.25) is 0 Å². The number of carboxylic acids is 1. The van der Waals surface area contributed by atoms with Crippen molar-refractivity contribution in [3.63, 3.8) is 0 Å². The first kappa shape index (κ1) is 18.1. The Kier molecular flexibility index (Phi) is 6.32. The fourth-order valence-corrected chi connectivity index (χ4v) is 2.27. The molecule has 0 saturated heterocycles. The van der Waals surface area contributed by atoms with Gasteiger partial charge in [-0.05, 0) is 39.3 Å². The third kappa shape index (κ3) is 5.73. The van der Waals surface area contributed by atoms with Crippen LogP contribution in [0.1, 0.15) is 39.7 Å². The van der Waals surface area contributed by atoms with Crippen LogP contribution in [0.25, 0.3) is 0 Å². The van der Waals surface area contributed by atoms with E-state index in [1.54, 1.807) is 19.1 Å². The third-order valence-corrected chi connectivity index (χ3v) is 3.30.